The van der Waals surface area contributed by atoms with Crippen molar-refractivity contribution in [2.75, 3.05) is 5.75 Å². The van der Waals surface area contributed by atoms with Crippen molar-refractivity contribution < 1.29 is 13.5 Å². The summed E-state index contributed by atoms with van der Waals surface area (Å²) < 4.78 is 24.1. The van der Waals surface area contributed by atoms with E-state index in [-0.39, 0.29) is 12.2 Å². The molecule has 1 rings (SSSR count). The minimum Gasteiger partial charge on any atom is -0.390 e. The van der Waals surface area contributed by atoms with Gasteiger partial charge in [0.2, 0.25) is 0 Å². The van der Waals surface area contributed by atoms with Crippen LogP contribution in [0.15, 0.2) is 23.1 Å². The van der Waals surface area contributed by atoms with Gasteiger partial charge in [-0.1, -0.05) is 6.07 Å². The lowest BCUT2D eigenvalue weighted by Gasteiger charge is -2.16. The summed E-state index contributed by atoms with van der Waals surface area (Å²) in [5.41, 5.74) is 1.09. The molecule has 0 spiro atoms. The lowest BCUT2D eigenvalue weighted by atomic mass is 10.1. The Morgan fingerprint density at radius 1 is 1.18 bits per heavy atom. The number of rotatable bonds is 4. The van der Waals surface area contributed by atoms with Crippen molar-refractivity contribution in [1.82, 2.24) is 0 Å². The maximum Gasteiger partial charge on any atom is 0.178 e. The average Bonchev–Trinajstić information content (AvgIpc) is 2.18. The zero-order valence-electron chi connectivity index (χ0n) is 10.8. The third-order valence-electron chi connectivity index (χ3n) is 2.82. The molecule has 1 aromatic rings. The second-order valence-electron chi connectivity index (χ2n) is 5.13. The van der Waals surface area contributed by atoms with E-state index in [1.807, 2.05) is 19.9 Å². The Labute approximate surface area is 103 Å². The van der Waals surface area contributed by atoms with E-state index in [4.69, 9.17) is 0 Å². The molecule has 0 saturated carbocycles. The van der Waals surface area contributed by atoms with Gasteiger partial charge in [-0.25, -0.2) is 8.42 Å². The normalized spacial score (nSPS) is 12.8. The van der Waals surface area contributed by atoms with E-state index >= 15 is 0 Å². The number of aryl methyl sites for hydroxylation is 2. The van der Waals surface area contributed by atoms with E-state index in [9.17, 15) is 13.5 Å². The Balaban J connectivity index is 2.94. The van der Waals surface area contributed by atoms with Gasteiger partial charge in [-0.05, 0) is 57.4 Å². The van der Waals surface area contributed by atoms with Crippen LogP contribution >= 0.6 is 0 Å². The molecule has 0 bridgehead atoms. The topological polar surface area (TPSA) is 54.4 Å². The second kappa shape index (κ2) is 4.78. The molecule has 3 nitrogen and oxygen atoms in total. The standard InChI is InChI=1S/C13H20O3S/c1-10-5-6-12(9-11(10)2)17(15,16)8-7-13(3,4)14/h5-6,9,14H,7-8H2,1-4H3. The van der Waals surface area contributed by atoms with Crippen LogP contribution in [0.5, 0.6) is 0 Å². The summed E-state index contributed by atoms with van der Waals surface area (Å²) in [6.07, 6.45) is 0.238. The molecule has 0 saturated heterocycles. The van der Waals surface area contributed by atoms with Gasteiger partial charge in [-0.15, -0.1) is 0 Å². The Morgan fingerprint density at radius 2 is 1.76 bits per heavy atom. The highest BCUT2D eigenvalue weighted by atomic mass is 32.2. The van der Waals surface area contributed by atoms with Crippen LogP contribution in [0.3, 0.4) is 0 Å². The SMILES string of the molecule is Cc1ccc(S(=O)(=O)CCC(C)(C)O)cc1C. The number of hydrogen-bond donors (Lipinski definition) is 1. The Morgan fingerprint density at radius 3 is 2.24 bits per heavy atom. The number of sulfone groups is 1. The van der Waals surface area contributed by atoms with E-state index in [0.29, 0.717) is 4.90 Å². The fraction of sp³-hybridized carbons (Fsp3) is 0.538. The molecule has 0 aromatic heterocycles. The smallest absolute Gasteiger partial charge is 0.178 e. The minimum atomic E-state index is -3.29. The van der Waals surface area contributed by atoms with E-state index in [2.05, 4.69) is 0 Å². The molecule has 0 aliphatic carbocycles. The fourth-order valence-electron chi connectivity index (χ4n) is 1.41. The molecular weight excluding hydrogens is 236 g/mol. The van der Waals surface area contributed by atoms with Crippen molar-refractivity contribution in [2.45, 2.75) is 44.6 Å². The maximum atomic E-state index is 12.0. The molecule has 17 heavy (non-hydrogen) atoms. The summed E-state index contributed by atoms with van der Waals surface area (Å²) in [4.78, 5) is 0.338. The zero-order chi connectivity index (χ0) is 13.3. The van der Waals surface area contributed by atoms with Crippen molar-refractivity contribution in [2.24, 2.45) is 0 Å². The summed E-state index contributed by atoms with van der Waals surface area (Å²) in [7, 11) is -3.29. The van der Waals surface area contributed by atoms with Crippen molar-refractivity contribution >= 4 is 9.84 Å². The molecular formula is C13H20O3S. The Hall–Kier alpha value is -0.870. The van der Waals surface area contributed by atoms with Gasteiger partial charge in [0.25, 0.3) is 0 Å². The van der Waals surface area contributed by atoms with Crippen LogP contribution in [0.1, 0.15) is 31.4 Å². The number of aliphatic hydroxyl groups is 1. The highest BCUT2D eigenvalue weighted by Crippen LogP contribution is 2.19. The van der Waals surface area contributed by atoms with Crippen LogP contribution in [0, 0.1) is 13.8 Å². The lowest BCUT2D eigenvalue weighted by Crippen LogP contribution is -2.23. The van der Waals surface area contributed by atoms with Gasteiger partial charge < -0.3 is 5.11 Å². The molecule has 4 heteroatoms. The van der Waals surface area contributed by atoms with Crippen LogP contribution in [-0.2, 0) is 9.84 Å². The molecule has 0 aliphatic rings. The Bertz CT molecular complexity index is 496. The Kier molecular flexibility index (Phi) is 3.99. The van der Waals surface area contributed by atoms with Gasteiger partial charge in [0, 0.05) is 0 Å². The average molecular weight is 256 g/mol. The third-order valence-corrected chi connectivity index (χ3v) is 4.53. The first-order valence-corrected chi connectivity index (χ1v) is 7.29. The van der Waals surface area contributed by atoms with Gasteiger partial charge in [0.15, 0.2) is 9.84 Å². The van der Waals surface area contributed by atoms with E-state index < -0.39 is 15.4 Å². The number of hydrogen-bond acceptors (Lipinski definition) is 3. The first-order chi connectivity index (χ1) is 7.62. The van der Waals surface area contributed by atoms with Crippen molar-refractivity contribution in [1.29, 1.82) is 0 Å². The van der Waals surface area contributed by atoms with Gasteiger partial charge in [-0.3, -0.25) is 0 Å². The monoisotopic (exact) mass is 256 g/mol. The maximum absolute atomic E-state index is 12.0. The second-order valence-corrected chi connectivity index (χ2v) is 7.24. The predicted octanol–water partition coefficient (Wildman–Crippen LogP) is 2.24. The lowest BCUT2D eigenvalue weighted by molar-refractivity contribution is 0.0772. The molecule has 1 N–H and O–H groups in total. The van der Waals surface area contributed by atoms with Crippen LogP contribution in [0.25, 0.3) is 0 Å². The van der Waals surface area contributed by atoms with Gasteiger partial charge in [0.05, 0.1) is 16.2 Å². The highest BCUT2D eigenvalue weighted by molar-refractivity contribution is 7.91. The predicted molar refractivity (Wildman–Crippen MR) is 68.9 cm³/mol. The van der Waals surface area contributed by atoms with Crippen molar-refractivity contribution in [3.05, 3.63) is 29.3 Å². The molecule has 0 amide bonds. The minimum absolute atomic E-state index is 0.0288. The molecule has 0 heterocycles. The fourth-order valence-corrected chi connectivity index (χ4v) is 3.05. The molecule has 0 unspecified atom stereocenters. The summed E-state index contributed by atoms with van der Waals surface area (Å²) >= 11 is 0. The van der Waals surface area contributed by atoms with Crippen LogP contribution < -0.4 is 0 Å². The molecule has 0 aliphatic heterocycles. The molecule has 1 aromatic carbocycles. The van der Waals surface area contributed by atoms with Gasteiger partial charge in [-0.2, -0.15) is 0 Å². The van der Waals surface area contributed by atoms with E-state index in [1.54, 1.807) is 26.0 Å². The van der Waals surface area contributed by atoms with E-state index in [1.165, 1.54) is 0 Å². The molecule has 0 radical (unpaired) electrons. The quantitative estimate of drug-likeness (QED) is 0.899. The summed E-state index contributed by atoms with van der Waals surface area (Å²) in [6, 6.07) is 5.13. The van der Waals surface area contributed by atoms with Crippen LogP contribution in [-0.4, -0.2) is 24.9 Å². The summed E-state index contributed by atoms with van der Waals surface area (Å²) in [5.74, 6) is -0.0288. The van der Waals surface area contributed by atoms with Crippen molar-refractivity contribution in [3.63, 3.8) is 0 Å². The van der Waals surface area contributed by atoms with Crippen molar-refractivity contribution in [3.8, 4) is 0 Å². The summed E-state index contributed by atoms with van der Waals surface area (Å²) in [6.45, 7) is 7.07. The first-order valence-electron chi connectivity index (χ1n) is 5.64. The third kappa shape index (κ3) is 4.13. The zero-order valence-corrected chi connectivity index (χ0v) is 11.6. The molecule has 0 atom stereocenters. The number of benzene rings is 1. The van der Waals surface area contributed by atoms with E-state index in [0.717, 1.165) is 11.1 Å². The first kappa shape index (κ1) is 14.2. The molecule has 0 fully saturated rings. The molecule has 96 valence electrons. The van der Waals surface area contributed by atoms with Crippen LogP contribution in [0.2, 0.25) is 0 Å². The van der Waals surface area contributed by atoms with Gasteiger partial charge in [0.1, 0.15) is 0 Å². The van der Waals surface area contributed by atoms with Crippen LogP contribution in [0.4, 0.5) is 0 Å². The largest absolute Gasteiger partial charge is 0.390 e. The van der Waals surface area contributed by atoms with Gasteiger partial charge >= 0.3 is 0 Å². The summed E-state index contributed by atoms with van der Waals surface area (Å²) in [5, 5.41) is 9.56. The highest BCUT2D eigenvalue weighted by Gasteiger charge is 2.20.